The van der Waals surface area contributed by atoms with E-state index in [0.717, 1.165) is 43.0 Å². The van der Waals surface area contributed by atoms with Gasteiger partial charge in [0.05, 0.1) is 11.7 Å². The molecule has 138 valence electrons. The average molecular weight is 373 g/mol. The number of nitrogens with one attached hydrogen (secondary N) is 1. The molecule has 0 aliphatic carbocycles. The van der Waals surface area contributed by atoms with Gasteiger partial charge in [-0.3, -0.25) is 4.79 Å². The first kappa shape index (κ1) is 17.6. The van der Waals surface area contributed by atoms with Crippen LogP contribution < -0.4 is 5.32 Å². The Kier molecular flexibility index (Phi) is 4.53. The van der Waals surface area contributed by atoms with Crippen LogP contribution in [0.15, 0.2) is 24.3 Å². The van der Waals surface area contributed by atoms with Crippen LogP contribution in [0, 0.1) is 0 Å². The van der Waals surface area contributed by atoms with Crippen molar-refractivity contribution < 1.29 is 4.79 Å². The Morgan fingerprint density at radius 3 is 2.46 bits per heavy atom. The Morgan fingerprint density at radius 2 is 1.85 bits per heavy atom. The molecule has 2 aliphatic heterocycles. The molecule has 0 radical (unpaired) electrons. The van der Waals surface area contributed by atoms with Crippen molar-refractivity contribution in [1.29, 1.82) is 0 Å². The molecular weight excluding hydrogens is 348 g/mol. The zero-order valence-electron chi connectivity index (χ0n) is 15.5. The zero-order chi connectivity index (χ0) is 18.4. The molecule has 6 heteroatoms. The minimum Gasteiger partial charge on any atom is -0.338 e. The highest BCUT2D eigenvalue weighted by molar-refractivity contribution is 6.30. The molecule has 1 aromatic heterocycles. The topological polar surface area (TPSA) is 50.2 Å². The number of rotatable bonds is 3. The van der Waals surface area contributed by atoms with Crippen LogP contribution >= 0.6 is 11.6 Å². The molecule has 1 aromatic carbocycles. The van der Waals surface area contributed by atoms with Gasteiger partial charge in [-0.25, -0.2) is 4.98 Å². The number of likely N-dealkylation sites (tertiary alicyclic amines) is 1. The highest BCUT2D eigenvalue weighted by Gasteiger charge is 2.39. The smallest absolute Gasteiger partial charge is 0.272 e. The summed E-state index contributed by atoms with van der Waals surface area (Å²) in [6.45, 7) is 6.49. The molecule has 0 saturated carbocycles. The third kappa shape index (κ3) is 2.93. The first-order valence-electron chi connectivity index (χ1n) is 9.32. The van der Waals surface area contributed by atoms with E-state index in [1.807, 2.05) is 24.3 Å². The number of amides is 1. The van der Waals surface area contributed by atoms with E-state index in [2.05, 4.69) is 35.7 Å². The van der Waals surface area contributed by atoms with Gasteiger partial charge in [0.2, 0.25) is 0 Å². The molecule has 5 nitrogen and oxygen atoms in total. The molecule has 1 atom stereocenters. The number of hydrogen-bond acceptors (Lipinski definition) is 3. The van der Waals surface area contributed by atoms with Crippen molar-refractivity contribution in [1.82, 2.24) is 19.8 Å². The van der Waals surface area contributed by atoms with Crippen LogP contribution in [-0.2, 0) is 0 Å². The van der Waals surface area contributed by atoms with E-state index in [9.17, 15) is 4.79 Å². The predicted octanol–water partition coefficient (Wildman–Crippen LogP) is 3.76. The van der Waals surface area contributed by atoms with Crippen molar-refractivity contribution in [3.8, 4) is 0 Å². The van der Waals surface area contributed by atoms with Crippen molar-refractivity contribution in [2.45, 2.75) is 44.7 Å². The van der Waals surface area contributed by atoms with Crippen LogP contribution in [0.3, 0.4) is 0 Å². The highest BCUT2D eigenvalue weighted by Crippen LogP contribution is 2.38. The standard InChI is InChI=1S/C20H25ClN4O/c1-12(2)25-18-16(13-4-6-15(21)7-5-13)23-20(26)17(18)22-19(25)14-8-10-24(3)11-9-14/h4-7,12,14,16H,8-11H2,1-3H3,(H,23,26). The van der Waals surface area contributed by atoms with Gasteiger partial charge in [0, 0.05) is 17.0 Å². The number of piperidine rings is 1. The molecule has 3 heterocycles. The fourth-order valence-corrected chi connectivity index (χ4v) is 4.29. The lowest BCUT2D eigenvalue weighted by Gasteiger charge is -2.30. The number of carbonyl (C=O) groups is 1. The van der Waals surface area contributed by atoms with E-state index >= 15 is 0 Å². The molecular formula is C20H25ClN4O. The monoisotopic (exact) mass is 372 g/mol. The molecule has 0 bridgehead atoms. The second-order valence-electron chi connectivity index (χ2n) is 7.70. The second-order valence-corrected chi connectivity index (χ2v) is 8.14. The molecule has 1 N–H and O–H groups in total. The maximum absolute atomic E-state index is 12.6. The van der Waals surface area contributed by atoms with Gasteiger partial charge in [0.25, 0.3) is 5.91 Å². The quantitative estimate of drug-likeness (QED) is 0.892. The number of aromatic nitrogens is 2. The van der Waals surface area contributed by atoms with Crippen LogP contribution in [-0.4, -0.2) is 40.5 Å². The number of fused-ring (bicyclic) bond motifs is 1. The fraction of sp³-hybridized carbons (Fsp3) is 0.500. The molecule has 1 fully saturated rings. The van der Waals surface area contributed by atoms with E-state index < -0.39 is 0 Å². The maximum atomic E-state index is 12.6. The molecule has 2 aromatic rings. The summed E-state index contributed by atoms with van der Waals surface area (Å²) in [5.41, 5.74) is 2.63. The van der Waals surface area contributed by atoms with E-state index in [1.54, 1.807) is 0 Å². The summed E-state index contributed by atoms with van der Waals surface area (Å²) in [6, 6.07) is 7.79. The Hall–Kier alpha value is -1.85. The van der Waals surface area contributed by atoms with Crippen molar-refractivity contribution in [3.05, 3.63) is 52.1 Å². The van der Waals surface area contributed by atoms with E-state index in [1.165, 1.54) is 0 Å². The van der Waals surface area contributed by atoms with Gasteiger partial charge in [0.1, 0.15) is 5.82 Å². The zero-order valence-corrected chi connectivity index (χ0v) is 16.3. The summed E-state index contributed by atoms with van der Waals surface area (Å²) >= 11 is 6.04. The number of imidazole rings is 1. The summed E-state index contributed by atoms with van der Waals surface area (Å²) in [5.74, 6) is 1.42. The lowest BCUT2D eigenvalue weighted by atomic mass is 9.96. The third-order valence-corrected chi connectivity index (χ3v) is 5.79. The average Bonchev–Trinajstić information content (AvgIpc) is 3.15. The molecule has 1 saturated heterocycles. The van der Waals surface area contributed by atoms with E-state index in [-0.39, 0.29) is 18.0 Å². The second kappa shape index (κ2) is 6.71. The van der Waals surface area contributed by atoms with Gasteiger partial charge >= 0.3 is 0 Å². The number of halogens is 1. The minimum atomic E-state index is -0.162. The van der Waals surface area contributed by atoms with Gasteiger partial charge < -0.3 is 14.8 Å². The van der Waals surface area contributed by atoms with Crippen LogP contribution in [0.25, 0.3) is 0 Å². The van der Waals surface area contributed by atoms with Crippen molar-refractivity contribution in [2.75, 3.05) is 20.1 Å². The summed E-state index contributed by atoms with van der Waals surface area (Å²) in [7, 11) is 2.16. The predicted molar refractivity (Wildman–Crippen MR) is 103 cm³/mol. The van der Waals surface area contributed by atoms with Gasteiger partial charge in [-0.2, -0.15) is 0 Å². The van der Waals surface area contributed by atoms with Gasteiger partial charge in [-0.05, 0) is 64.5 Å². The summed E-state index contributed by atoms with van der Waals surface area (Å²) in [4.78, 5) is 19.8. The number of benzene rings is 1. The van der Waals surface area contributed by atoms with Crippen molar-refractivity contribution >= 4 is 17.5 Å². The lowest BCUT2D eigenvalue weighted by molar-refractivity contribution is 0.0955. The molecule has 26 heavy (non-hydrogen) atoms. The SMILES string of the molecule is CC(C)n1c(C2CCN(C)CC2)nc2c1C(c1ccc(Cl)cc1)NC2=O. The molecule has 1 amide bonds. The van der Waals surface area contributed by atoms with E-state index in [4.69, 9.17) is 16.6 Å². The Morgan fingerprint density at radius 1 is 1.19 bits per heavy atom. The van der Waals surface area contributed by atoms with Crippen molar-refractivity contribution in [2.24, 2.45) is 0 Å². The van der Waals surface area contributed by atoms with Crippen LogP contribution in [0.5, 0.6) is 0 Å². The van der Waals surface area contributed by atoms with Crippen molar-refractivity contribution in [3.63, 3.8) is 0 Å². The van der Waals surface area contributed by atoms with Crippen LogP contribution in [0.4, 0.5) is 0 Å². The minimum absolute atomic E-state index is 0.0754. The Balaban J connectivity index is 1.78. The molecule has 1 unspecified atom stereocenters. The number of carbonyl (C=O) groups excluding carboxylic acids is 1. The third-order valence-electron chi connectivity index (χ3n) is 5.54. The Bertz CT molecular complexity index is 819. The number of hydrogen-bond donors (Lipinski definition) is 1. The van der Waals surface area contributed by atoms with Crippen LogP contribution in [0.1, 0.15) is 72.3 Å². The lowest BCUT2D eigenvalue weighted by Crippen LogP contribution is -2.31. The van der Waals surface area contributed by atoms with Gasteiger partial charge in [0.15, 0.2) is 5.69 Å². The molecule has 4 rings (SSSR count). The highest BCUT2D eigenvalue weighted by atomic mass is 35.5. The largest absolute Gasteiger partial charge is 0.338 e. The van der Waals surface area contributed by atoms with Crippen LogP contribution in [0.2, 0.25) is 5.02 Å². The fourth-order valence-electron chi connectivity index (χ4n) is 4.17. The molecule has 0 spiro atoms. The number of nitrogens with zero attached hydrogens (tertiary/aromatic N) is 3. The Labute approximate surface area is 159 Å². The van der Waals surface area contributed by atoms with Gasteiger partial charge in [-0.1, -0.05) is 23.7 Å². The summed E-state index contributed by atoms with van der Waals surface area (Å²) < 4.78 is 2.29. The molecule has 2 aliphatic rings. The summed E-state index contributed by atoms with van der Waals surface area (Å²) in [5, 5.41) is 3.79. The first-order chi connectivity index (χ1) is 12.5. The summed E-state index contributed by atoms with van der Waals surface area (Å²) in [6.07, 6.45) is 2.18. The maximum Gasteiger partial charge on any atom is 0.272 e. The first-order valence-corrected chi connectivity index (χ1v) is 9.70. The van der Waals surface area contributed by atoms with E-state index in [0.29, 0.717) is 16.6 Å². The van der Waals surface area contributed by atoms with Gasteiger partial charge in [-0.15, -0.1) is 0 Å². The normalized spacial score (nSPS) is 21.3.